The van der Waals surface area contributed by atoms with Crippen LogP contribution >= 0.6 is 11.6 Å². The maximum absolute atomic E-state index is 12.0. The Morgan fingerprint density at radius 1 is 1.26 bits per heavy atom. The van der Waals surface area contributed by atoms with E-state index in [1.165, 1.54) is 0 Å². The largest absolute Gasteiger partial charge is 0.486 e. The molecular weight excluding hydrogens is 376 g/mol. The molecule has 0 saturated carbocycles. The van der Waals surface area contributed by atoms with Gasteiger partial charge < -0.3 is 18.8 Å². The first kappa shape index (κ1) is 18.8. The molecule has 1 N–H and O–H groups in total. The van der Waals surface area contributed by atoms with Crippen LogP contribution < -0.4 is 14.8 Å². The molecule has 8 nitrogen and oxygen atoms in total. The van der Waals surface area contributed by atoms with Crippen molar-refractivity contribution in [3.63, 3.8) is 0 Å². The van der Waals surface area contributed by atoms with Crippen LogP contribution in [0.4, 0.5) is 0 Å². The summed E-state index contributed by atoms with van der Waals surface area (Å²) in [5.41, 5.74) is 0.884. The van der Waals surface area contributed by atoms with Gasteiger partial charge in [0.2, 0.25) is 0 Å². The van der Waals surface area contributed by atoms with Gasteiger partial charge >= 0.3 is 5.97 Å². The Labute approximate surface area is 159 Å². The summed E-state index contributed by atoms with van der Waals surface area (Å²) in [5.74, 6) is -1.01. The molecule has 0 atom stereocenters. The predicted octanol–water partition coefficient (Wildman–Crippen LogP) is 1.49. The highest BCUT2D eigenvalue weighted by Gasteiger charge is 2.19. The second-order valence-corrected chi connectivity index (χ2v) is 6.23. The van der Waals surface area contributed by atoms with Crippen LogP contribution in [0.25, 0.3) is 0 Å². The number of nitrogens with zero attached hydrogens (tertiary/aromatic N) is 1. The average molecular weight is 393 g/mol. The van der Waals surface area contributed by atoms with Crippen LogP contribution in [0.2, 0.25) is 5.02 Å². The molecule has 0 aliphatic carbocycles. The molecule has 0 spiro atoms. The summed E-state index contributed by atoms with van der Waals surface area (Å²) >= 11 is 6.12. The second-order valence-electron chi connectivity index (χ2n) is 5.82. The zero-order chi connectivity index (χ0) is 19.4. The minimum atomic E-state index is -0.713. The summed E-state index contributed by atoms with van der Waals surface area (Å²) in [7, 11) is 1.68. The summed E-state index contributed by atoms with van der Waals surface area (Å²) in [6.45, 7) is 0.241. The zero-order valence-electron chi connectivity index (χ0n) is 14.5. The molecule has 142 valence electrons. The highest BCUT2D eigenvalue weighted by molar-refractivity contribution is 6.32. The topological polar surface area (TPSA) is 95.9 Å². The molecule has 2 heterocycles. The highest BCUT2D eigenvalue weighted by atomic mass is 35.5. The summed E-state index contributed by atoms with van der Waals surface area (Å²) in [4.78, 5) is 35.7. The third-order valence-corrected chi connectivity index (χ3v) is 4.08. The van der Waals surface area contributed by atoms with Crippen molar-refractivity contribution in [2.75, 3.05) is 19.8 Å². The Bertz CT molecular complexity index is 892. The Morgan fingerprint density at radius 2 is 2.04 bits per heavy atom. The number of ether oxygens (including phenoxy) is 3. The molecule has 0 bridgehead atoms. The van der Waals surface area contributed by atoms with Crippen LogP contribution in [0.15, 0.2) is 30.5 Å². The molecular formula is C18H17ClN2O6. The third kappa shape index (κ3) is 4.59. The highest BCUT2D eigenvalue weighted by Crippen LogP contribution is 2.38. The van der Waals surface area contributed by atoms with Gasteiger partial charge in [0.1, 0.15) is 18.9 Å². The molecule has 0 saturated heterocycles. The number of hydrogen-bond donors (Lipinski definition) is 1. The van der Waals surface area contributed by atoms with Crippen LogP contribution in [0, 0.1) is 0 Å². The Balaban J connectivity index is 1.51. The minimum absolute atomic E-state index is 0.102. The fourth-order valence-corrected chi connectivity index (χ4v) is 2.84. The second kappa shape index (κ2) is 8.13. The van der Waals surface area contributed by atoms with Gasteiger partial charge in [-0.15, -0.1) is 0 Å². The van der Waals surface area contributed by atoms with E-state index in [1.807, 2.05) is 0 Å². The van der Waals surface area contributed by atoms with Crippen molar-refractivity contribution in [3.05, 3.63) is 46.7 Å². The average Bonchev–Trinajstić information content (AvgIpc) is 3.06. The number of nitrogens with one attached hydrogen (secondary N) is 1. The normalized spacial score (nSPS) is 12.4. The molecule has 1 aromatic heterocycles. The van der Waals surface area contributed by atoms with E-state index < -0.39 is 24.4 Å². The lowest BCUT2D eigenvalue weighted by Crippen LogP contribution is -2.35. The number of carbonyl (C=O) groups is 3. The number of imide groups is 1. The molecule has 0 unspecified atom stereocenters. The quantitative estimate of drug-likeness (QED) is 0.774. The summed E-state index contributed by atoms with van der Waals surface area (Å²) < 4.78 is 17.3. The van der Waals surface area contributed by atoms with Gasteiger partial charge in [-0.3, -0.25) is 19.7 Å². The van der Waals surface area contributed by atoms with E-state index in [1.54, 1.807) is 42.1 Å². The lowest BCUT2D eigenvalue weighted by atomic mass is 10.1. The maximum Gasteiger partial charge on any atom is 0.310 e. The number of rotatable bonds is 5. The van der Waals surface area contributed by atoms with Crippen LogP contribution in [0.3, 0.4) is 0 Å². The number of benzene rings is 1. The molecule has 0 fully saturated rings. The summed E-state index contributed by atoms with van der Waals surface area (Å²) in [6, 6.07) is 6.47. The molecule has 1 aliphatic rings. The van der Waals surface area contributed by atoms with Gasteiger partial charge in [-0.2, -0.15) is 0 Å². The van der Waals surface area contributed by atoms with Crippen molar-refractivity contribution >= 4 is 29.4 Å². The molecule has 9 heteroatoms. The van der Waals surface area contributed by atoms with E-state index in [2.05, 4.69) is 5.32 Å². The van der Waals surface area contributed by atoms with Gasteiger partial charge in [0.15, 0.2) is 18.1 Å². The number of aromatic nitrogens is 1. The van der Waals surface area contributed by atoms with Gasteiger partial charge in [-0.25, -0.2) is 0 Å². The lowest BCUT2D eigenvalue weighted by Gasteiger charge is -2.20. The number of hydrogen-bond acceptors (Lipinski definition) is 6. The monoisotopic (exact) mass is 392 g/mol. The molecule has 1 aromatic carbocycles. The third-order valence-electron chi connectivity index (χ3n) is 3.80. The number of carbonyl (C=O) groups excluding carboxylic acids is 3. The summed E-state index contributed by atoms with van der Waals surface area (Å²) in [5, 5.41) is 2.49. The summed E-state index contributed by atoms with van der Waals surface area (Å²) in [6.07, 6.45) is 1.58. The first-order valence-electron chi connectivity index (χ1n) is 8.13. The molecule has 2 amide bonds. The van der Waals surface area contributed by atoms with Crippen LogP contribution in [-0.2, 0) is 27.8 Å². The molecule has 0 radical (unpaired) electrons. The first-order valence-corrected chi connectivity index (χ1v) is 8.51. The van der Waals surface area contributed by atoms with Crippen LogP contribution in [0.1, 0.15) is 16.1 Å². The lowest BCUT2D eigenvalue weighted by molar-refractivity contribution is -0.147. The van der Waals surface area contributed by atoms with Gasteiger partial charge in [-0.1, -0.05) is 11.6 Å². The Kier molecular flexibility index (Phi) is 5.66. The molecule has 3 rings (SSSR count). The van der Waals surface area contributed by atoms with Crippen molar-refractivity contribution in [3.8, 4) is 11.5 Å². The van der Waals surface area contributed by atoms with E-state index in [9.17, 15) is 14.4 Å². The molecule has 1 aliphatic heterocycles. The fraction of sp³-hybridized carbons (Fsp3) is 0.278. The van der Waals surface area contributed by atoms with E-state index in [4.69, 9.17) is 25.8 Å². The zero-order valence-corrected chi connectivity index (χ0v) is 15.2. The van der Waals surface area contributed by atoms with E-state index in [-0.39, 0.29) is 6.42 Å². The number of fused-ring (bicyclic) bond motifs is 1. The van der Waals surface area contributed by atoms with Gasteiger partial charge in [0.25, 0.3) is 11.8 Å². The number of aryl methyl sites for hydroxylation is 1. The van der Waals surface area contributed by atoms with Crippen molar-refractivity contribution < 1.29 is 28.6 Å². The van der Waals surface area contributed by atoms with Gasteiger partial charge in [0, 0.05) is 13.2 Å². The van der Waals surface area contributed by atoms with Gasteiger partial charge in [0.05, 0.1) is 11.4 Å². The molecule has 27 heavy (non-hydrogen) atoms. The standard InChI is InChI=1S/C18H17ClN2O6/c1-21-4-2-3-13(21)18(24)20-15(22)10-27-16(23)9-11-7-12(19)17-14(8-11)25-5-6-26-17/h2-4,7-8H,5-6,9-10H2,1H3,(H,20,22,24). The van der Waals surface area contributed by atoms with E-state index in [0.29, 0.717) is 41.0 Å². The van der Waals surface area contributed by atoms with E-state index >= 15 is 0 Å². The Morgan fingerprint density at radius 3 is 2.78 bits per heavy atom. The van der Waals surface area contributed by atoms with E-state index in [0.717, 1.165) is 0 Å². The van der Waals surface area contributed by atoms with Crippen LogP contribution in [-0.4, -0.2) is 42.2 Å². The predicted molar refractivity (Wildman–Crippen MR) is 95.0 cm³/mol. The molecule has 2 aromatic rings. The number of halogens is 1. The fourth-order valence-electron chi connectivity index (χ4n) is 2.55. The SMILES string of the molecule is Cn1cccc1C(=O)NC(=O)COC(=O)Cc1cc(Cl)c2c(c1)OCCO2. The van der Waals surface area contributed by atoms with Crippen molar-refractivity contribution in [2.45, 2.75) is 6.42 Å². The van der Waals surface area contributed by atoms with Crippen molar-refractivity contribution in [1.29, 1.82) is 0 Å². The van der Waals surface area contributed by atoms with Crippen molar-refractivity contribution in [2.24, 2.45) is 7.05 Å². The minimum Gasteiger partial charge on any atom is -0.486 e. The van der Waals surface area contributed by atoms with Crippen LogP contribution in [0.5, 0.6) is 11.5 Å². The smallest absolute Gasteiger partial charge is 0.310 e. The number of amides is 2. The first-order chi connectivity index (χ1) is 12.9. The maximum atomic E-state index is 12.0. The number of esters is 1. The Hall–Kier alpha value is -3.00. The van der Waals surface area contributed by atoms with Crippen molar-refractivity contribution in [1.82, 2.24) is 9.88 Å². The van der Waals surface area contributed by atoms with Gasteiger partial charge in [-0.05, 0) is 29.8 Å².